The van der Waals surface area contributed by atoms with E-state index in [9.17, 15) is 9.59 Å². The number of piperidine rings is 1. The van der Waals surface area contributed by atoms with Gasteiger partial charge in [-0.2, -0.15) is 0 Å². The Morgan fingerprint density at radius 3 is 2.11 bits per heavy atom. The highest BCUT2D eigenvalue weighted by molar-refractivity contribution is 6.00. The number of carbonyl (C=O) groups excluding carboxylic acids is 2. The molecule has 19 heavy (non-hydrogen) atoms. The molecule has 4 saturated carbocycles. The quantitative estimate of drug-likeness (QED) is 0.724. The lowest BCUT2D eigenvalue weighted by Crippen LogP contribution is -2.63. The molecule has 1 heterocycles. The first-order valence-electron chi connectivity index (χ1n) is 7.75. The molecule has 2 amide bonds. The van der Waals surface area contributed by atoms with E-state index < -0.39 is 6.04 Å². The van der Waals surface area contributed by atoms with Crippen molar-refractivity contribution in [3.63, 3.8) is 0 Å². The Balaban J connectivity index is 1.64. The predicted molar refractivity (Wildman–Crippen MR) is 69.9 cm³/mol. The number of likely N-dealkylation sites (tertiary alicyclic amines) is 1. The third kappa shape index (κ3) is 1.69. The third-order valence-electron chi connectivity index (χ3n) is 5.97. The molecule has 0 aromatic rings. The highest BCUT2D eigenvalue weighted by Gasteiger charge is 2.53. The van der Waals surface area contributed by atoms with Crippen LogP contribution in [0, 0.1) is 23.7 Å². The van der Waals surface area contributed by atoms with E-state index in [0.717, 1.165) is 11.8 Å². The Morgan fingerprint density at radius 2 is 1.53 bits per heavy atom. The molecule has 104 valence electrons. The maximum Gasteiger partial charge on any atom is 0.246 e. The first-order valence-corrected chi connectivity index (χ1v) is 7.75. The molecule has 5 rings (SSSR count). The molecule has 4 heteroatoms. The van der Waals surface area contributed by atoms with E-state index in [1.807, 2.05) is 0 Å². The van der Waals surface area contributed by atoms with Gasteiger partial charge in [-0.1, -0.05) is 0 Å². The van der Waals surface area contributed by atoms with Crippen LogP contribution in [0.15, 0.2) is 0 Å². The fourth-order valence-corrected chi connectivity index (χ4v) is 5.46. The van der Waals surface area contributed by atoms with Crippen molar-refractivity contribution in [1.29, 1.82) is 0 Å². The van der Waals surface area contributed by atoms with Crippen molar-refractivity contribution >= 4 is 11.8 Å². The maximum absolute atomic E-state index is 12.3. The van der Waals surface area contributed by atoms with E-state index >= 15 is 0 Å². The van der Waals surface area contributed by atoms with Gasteiger partial charge in [-0.15, -0.1) is 0 Å². The summed E-state index contributed by atoms with van der Waals surface area (Å²) in [4.78, 5) is 26.2. The number of nitrogens with two attached hydrogens (primary N) is 1. The number of hydrogen-bond acceptors (Lipinski definition) is 3. The van der Waals surface area contributed by atoms with Gasteiger partial charge in [-0.25, -0.2) is 0 Å². The van der Waals surface area contributed by atoms with Crippen LogP contribution >= 0.6 is 0 Å². The minimum absolute atomic E-state index is 0.0316. The molecule has 4 aliphatic carbocycles. The van der Waals surface area contributed by atoms with Crippen molar-refractivity contribution < 1.29 is 9.59 Å². The Morgan fingerprint density at radius 1 is 0.947 bits per heavy atom. The van der Waals surface area contributed by atoms with Crippen molar-refractivity contribution in [2.24, 2.45) is 29.4 Å². The second kappa shape index (κ2) is 4.05. The highest BCUT2D eigenvalue weighted by Crippen LogP contribution is 2.55. The topological polar surface area (TPSA) is 63.4 Å². The zero-order chi connectivity index (χ0) is 13.1. The Labute approximate surface area is 113 Å². The summed E-state index contributed by atoms with van der Waals surface area (Å²) in [6.45, 7) is 0. The molecule has 0 aromatic carbocycles. The molecule has 1 atom stereocenters. The summed E-state index contributed by atoms with van der Waals surface area (Å²) in [6, 6.07) is -0.269. The summed E-state index contributed by atoms with van der Waals surface area (Å²) in [5, 5.41) is 0. The molecule has 0 spiro atoms. The van der Waals surface area contributed by atoms with Gasteiger partial charge in [0.2, 0.25) is 11.8 Å². The molecule has 0 radical (unpaired) electrons. The smallest absolute Gasteiger partial charge is 0.246 e. The van der Waals surface area contributed by atoms with Crippen LogP contribution in [0.3, 0.4) is 0 Å². The van der Waals surface area contributed by atoms with Crippen molar-refractivity contribution in [3.8, 4) is 0 Å². The molecule has 2 N–H and O–H groups in total. The zero-order valence-corrected chi connectivity index (χ0v) is 11.3. The van der Waals surface area contributed by atoms with Crippen molar-refractivity contribution in [2.75, 3.05) is 0 Å². The summed E-state index contributed by atoms with van der Waals surface area (Å²) >= 11 is 0. The Hall–Kier alpha value is -0.900. The number of rotatable bonds is 1. The number of amides is 2. The average molecular weight is 262 g/mol. The molecule has 4 nitrogen and oxygen atoms in total. The summed E-state index contributed by atoms with van der Waals surface area (Å²) in [5.41, 5.74) is 5.88. The van der Waals surface area contributed by atoms with E-state index in [1.54, 1.807) is 4.90 Å². The molecule has 0 aromatic heterocycles. The van der Waals surface area contributed by atoms with E-state index in [2.05, 4.69) is 0 Å². The minimum Gasteiger partial charge on any atom is -0.320 e. The number of hydrogen-bond donors (Lipinski definition) is 1. The third-order valence-corrected chi connectivity index (χ3v) is 5.97. The normalized spacial score (nSPS) is 49.0. The standard InChI is InChI=1S/C15H22N2O2/c16-12-1-2-13(18)17(15(12)19)14-10-4-8-3-9(6-10)7-11(14)5-8/h8-12,14H,1-7,16H2. The van der Waals surface area contributed by atoms with Crippen LogP contribution in [0.2, 0.25) is 0 Å². The first-order chi connectivity index (χ1) is 9.13. The second-order valence-electron chi connectivity index (χ2n) is 7.17. The van der Waals surface area contributed by atoms with Gasteiger partial charge in [-0.3, -0.25) is 14.5 Å². The monoisotopic (exact) mass is 262 g/mol. The number of carbonyl (C=O) groups is 2. The van der Waals surface area contributed by atoms with Crippen molar-refractivity contribution in [3.05, 3.63) is 0 Å². The lowest BCUT2D eigenvalue weighted by molar-refractivity contribution is -0.162. The van der Waals surface area contributed by atoms with Gasteiger partial charge >= 0.3 is 0 Å². The van der Waals surface area contributed by atoms with Crippen LogP contribution in [0.25, 0.3) is 0 Å². The fourth-order valence-electron chi connectivity index (χ4n) is 5.46. The summed E-state index contributed by atoms with van der Waals surface area (Å²) in [7, 11) is 0. The van der Waals surface area contributed by atoms with E-state index in [4.69, 9.17) is 5.73 Å². The molecule has 5 aliphatic rings. The van der Waals surface area contributed by atoms with Gasteiger partial charge in [0.1, 0.15) is 0 Å². The lowest BCUT2D eigenvalue weighted by atomic mass is 9.53. The maximum atomic E-state index is 12.3. The highest BCUT2D eigenvalue weighted by atomic mass is 16.2. The van der Waals surface area contributed by atoms with Crippen LogP contribution < -0.4 is 5.73 Å². The van der Waals surface area contributed by atoms with Crippen LogP contribution in [-0.2, 0) is 9.59 Å². The van der Waals surface area contributed by atoms with Crippen molar-refractivity contribution in [1.82, 2.24) is 4.90 Å². The zero-order valence-electron chi connectivity index (χ0n) is 11.3. The molecular formula is C15H22N2O2. The largest absolute Gasteiger partial charge is 0.320 e. The molecular weight excluding hydrogens is 240 g/mol. The summed E-state index contributed by atoms with van der Waals surface area (Å²) < 4.78 is 0. The fraction of sp³-hybridized carbons (Fsp3) is 0.867. The van der Waals surface area contributed by atoms with Crippen LogP contribution in [-0.4, -0.2) is 28.8 Å². The van der Waals surface area contributed by atoms with Crippen LogP contribution in [0.1, 0.15) is 44.9 Å². The van der Waals surface area contributed by atoms with Gasteiger partial charge in [0.05, 0.1) is 6.04 Å². The molecule has 4 bridgehead atoms. The average Bonchev–Trinajstić information content (AvgIpc) is 2.36. The number of nitrogens with zero attached hydrogens (tertiary/aromatic N) is 1. The van der Waals surface area contributed by atoms with Gasteiger partial charge in [0.15, 0.2) is 0 Å². The lowest BCUT2D eigenvalue weighted by Gasteiger charge is -2.57. The van der Waals surface area contributed by atoms with Gasteiger partial charge in [0, 0.05) is 12.5 Å². The van der Waals surface area contributed by atoms with Crippen LogP contribution in [0.4, 0.5) is 0 Å². The van der Waals surface area contributed by atoms with Gasteiger partial charge in [-0.05, 0) is 62.2 Å². The van der Waals surface area contributed by atoms with E-state index in [0.29, 0.717) is 24.7 Å². The Kier molecular flexibility index (Phi) is 2.53. The Bertz CT molecular complexity index is 406. The predicted octanol–water partition coefficient (Wildman–Crippen LogP) is 1.29. The second-order valence-corrected chi connectivity index (χ2v) is 7.17. The SMILES string of the molecule is NC1CCC(=O)N(C2C3CC4CC(C3)CC2C4)C1=O. The van der Waals surface area contributed by atoms with Gasteiger partial charge in [0.25, 0.3) is 0 Å². The summed E-state index contributed by atoms with van der Waals surface area (Å²) in [5.74, 6) is 2.78. The van der Waals surface area contributed by atoms with Crippen LogP contribution in [0.5, 0.6) is 0 Å². The van der Waals surface area contributed by atoms with E-state index in [-0.39, 0.29) is 17.9 Å². The molecule has 5 fully saturated rings. The van der Waals surface area contributed by atoms with Gasteiger partial charge < -0.3 is 5.73 Å². The van der Waals surface area contributed by atoms with E-state index in [1.165, 1.54) is 32.1 Å². The molecule has 1 unspecified atom stereocenters. The number of imide groups is 1. The summed E-state index contributed by atoms with van der Waals surface area (Å²) in [6.07, 6.45) is 7.28. The first kappa shape index (κ1) is 11.9. The molecule has 1 aliphatic heterocycles. The molecule has 1 saturated heterocycles. The minimum atomic E-state index is -0.449. The van der Waals surface area contributed by atoms with Crippen molar-refractivity contribution in [2.45, 2.75) is 57.0 Å².